The van der Waals surface area contributed by atoms with E-state index in [2.05, 4.69) is 10.3 Å². The maximum atomic E-state index is 12.4. The molecule has 3 amide bonds. The van der Waals surface area contributed by atoms with Crippen LogP contribution in [0.5, 0.6) is 0 Å². The van der Waals surface area contributed by atoms with E-state index in [0.29, 0.717) is 26.1 Å². The minimum Gasteiger partial charge on any atom is -0.347 e. The van der Waals surface area contributed by atoms with E-state index in [-0.39, 0.29) is 29.7 Å². The zero-order valence-electron chi connectivity index (χ0n) is 14.5. The van der Waals surface area contributed by atoms with Crippen molar-refractivity contribution in [3.8, 4) is 0 Å². The van der Waals surface area contributed by atoms with Crippen molar-refractivity contribution in [1.29, 1.82) is 0 Å². The number of rotatable bonds is 4. The van der Waals surface area contributed by atoms with E-state index in [9.17, 15) is 14.4 Å². The molecule has 0 radical (unpaired) electrons. The van der Waals surface area contributed by atoms with Gasteiger partial charge in [0.2, 0.25) is 17.7 Å². The fourth-order valence-electron chi connectivity index (χ4n) is 3.71. The number of carbonyl (C=O) groups is 3. The summed E-state index contributed by atoms with van der Waals surface area (Å²) in [5.41, 5.74) is 1.07. The lowest BCUT2D eigenvalue weighted by Gasteiger charge is -2.38. The van der Waals surface area contributed by atoms with Crippen LogP contribution in [0.25, 0.3) is 0 Å². The molecule has 3 rings (SSSR count). The quantitative estimate of drug-likeness (QED) is 0.865. The summed E-state index contributed by atoms with van der Waals surface area (Å²) in [6, 6.07) is 3.86. The second-order valence-corrected chi connectivity index (χ2v) is 7.07. The molecule has 7 heteroatoms. The summed E-state index contributed by atoms with van der Waals surface area (Å²) in [6.07, 6.45) is 5.70. The van der Waals surface area contributed by atoms with Gasteiger partial charge in [-0.1, -0.05) is 0 Å². The number of hydrogen-bond acceptors (Lipinski definition) is 4. The number of nitrogens with one attached hydrogen (secondary N) is 1. The van der Waals surface area contributed by atoms with Gasteiger partial charge in [-0.25, -0.2) is 0 Å². The highest BCUT2D eigenvalue weighted by molar-refractivity contribution is 5.84. The molecular weight excluding hydrogens is 320 g/mol. The molecule has 0 aliphatic carbocycles. The van der Waals surface area contributed by atoms with Gasteiger partial charge in [0.15, 0.2) is 0 Å². The Labute approximate surface area is 147 Å². The number of aromatic nitrogens is 1. The summed E-state index contributed by atoms with van der Waals surface area (Å²) < 4.78 is 0. The number of nitrogens with zero attached hydrogens (tertiary/aromatic N) is 3. The van der Waals surface area contributed by atoms with Crippen molar-refractivity contribution in [2.45, 2.75) is 32.7 Å². The Morgan fingerprint density at radius 2 is 1.92 bits per heavy atom. The van der Waals surface area contributed by atoms with Crippen molar-refractivity contribution >= 4 is 17.7 Å². The van der Waals surface area contributed by atoms with Gasteiger partial charge in [-0.15, -0.1) is 0 Å². The van der Waals surface area contributed by atoms with E-state index in [1.54, 1.807) is 17.3 Å². The molecule has 2 saturated heterocycles. The van der Waals surface area contributed by atoms with Gasteiger partial charge in [0.25, 0.3) is 0 Å². The molecule has 1 aromatic heterocycles. The molecule has 0 aromatic carbocycles. The Balaban J connectivity index is 1.54. The highest BCUT2D eigenvalue weighted by Gasteiger charge is 2.45. The van der Waals surface area contributed by atoms with Crippen LogP contribution in [0, 0.1) is 5.41 Å². The van der Waals surface area contributed by atoms with Crippen molar-refractivity contribution in [1.82, 2.24) is 20.1 Å². The first-order chi connectivity index (χ1) is 12.0. The summed E-state index contributed by atoms with van der Waals surface area (Å²) in [5.74, 6) is -0.0622. The zero-order valence-corrected chi connectivity index (χ0v) is 14.5. The number of likely N-dealkylation sites (tertiary alicyclic amines) is 2. The van der Waals surface area contributed by atoms with Gasteiger partial charge in [0, 0.05) is 57.3 Å². The molecule has 0 atom stereocenters. The first-order valence-electron chi connectivity index (χ1n) is 8.66. The summed E-state index contributed by atoms with van der Waals surface area (Å²) in [5, 5.41) is 2.55. The van der Waals surface area contributed by atoms with E-state index >= 15 is 0 Å². The van der Waals surface area contributed by atoms with Crippen LogP contribution in [0.3, 0.4) is 0 Å². The molecule has 7 nitrogen and oxygen atoms in total. The Kier molecular flexibility index (Phi) is 5.01. The molecule has 2 aliphatic heterocycles. The lowest BCUT2D eigenvalue weighted by Crippen LogP contribution is -2.47. The lowest BCUT2D eigenvalue weighted by atomic mass is 9.77. The van der Waals surface area contributed by atoms with E-state index in [0.717, 1.165) is 24.9 Å². The molecule has 1 aromatic rings. The van der Waals surface area contributed by atoms with Gasteiger partial charge in [0.05, 0.1) is 6.54 Å². The first-order valence-corrected chi connectivity index (χ1v) is 8.66. The lowest BCUT2D eigenvalue weighted by molar-refractivity contribution is -0.134. The summed E-state index contributed by atoms with van der Waals surface area (Å²) in [7, 11) is 0. The Morgan fingerprint density at radius 1 is 1.24 bits per heavy atom. The van der Waals surface area contributed by atoms with E-state index in [4.69, 9.17) is 0 Å². The number of pyridine rings is 1. The summed E-state index contributed by atoms with van der Waals surface area (Å²) in [6.45, 7) is 4.12. The average Bonchev–Trinajstić information content (AvgIpc) is 2.89. The Hall–Kier alpha value is -2.44. The smallest absolute Gasteiger partial charge is 0.241 e. The number of hydrogen-bond donors (Lipinski definition) is 1. The average molecular weight is 344 g/mol. The van der Waals surface area contributed by atoms with Crippen molar-refractivity contribution in [2.75, 3.05) is 26.2 Å². The highest BCUT2D eigenvalue weighted by atomic mass is 16.2. The minimum absolute atomic E-state index is 0.0190. The fraction of sp³-hybridized carbons (Fsp3) is 0.556. The van der Waals surface area contributed by atoms with Crippen LogP contribution in [-0.2, 0) is 20.9 Å². The van der Waals surface area contributed by atoms with Crippen LogP contribution in [0.15, 0.2) is 24.5 Å². The van der Waals surface area contributed by atoms with Crippen LogP contribution in [0.1, 0.15) is 31.7 Å². The summed E-state index contributed by atoms with van der Waals surface area (Å²) >= 11 is 0. The highest BCUT2D eigenvalue weighted by Crippen LogP contribution is 2.41. The van der Waals surface area contributed by atoms with Crippen molar-refractivity contribution in [2.24, 2.45) is 5.41 Å². The van der Waals surface area contributed by atoms with Crippen molar-refractivity contribution < 1.29 is 14.4 Å². The molecule has 0 saturated carbocycles. The van der Waals surface area contributed by atoms with Crippen LogP contribution >= 0.6 is 0 Å². The standard InChI is InChI=1S/C18H24N4O3/c1-14(23)20-11-17(25)21-8-4-18(5-9-21)10-16(24)22(13-18)12-15-2-6-19-7-3-15/h2-3,6-7H,4-5,8-13H2,1H3,(H,20,23). The zero-order chi connectivity index (χ0) is 17.9. The van der Waals surface area contributed by atoms with Gasteiger partial charge in [-0.05, 0) is 30.5 Å². The van der Waals surface area contributed by atoms with Gasteiger partial charge in [0.1, 0.15) is 0 Å². The molecule has 2 fully saturated rings. The number of carbonyl (C=O) groups excluding carboxylic acids is 3. The third-order valence-corrected chi connectivity index (χ3v) is 5.19. The maximum absolute atomic E-state index is 12.4. The topological polar surface area (TPSA) is 82.6 Å². The van der Waals surface area contributed by atoms with Gasteiger partial charge in [-0.3, -0.25) is 19.4 Å². The van der Waals surface area contributed by atoms with Crippen molar-refractivity contribution in [3.63, 3.8) is 0 Å². The predicted molar refractivity (Wildman–Crippen MR) is 91.2 cm³/mol. The predicted octanol–water partition coefficient (Wildman–Crippen LogP) is 0.559. The molecular formula is C18H24N4O3. The van der Waals surface area contributed by atoms with Crippen LogP contribution in [0.2, 0.25) is 0 Å². The largest absolute Gasteiger partial charge is 0.347 e. The normalized spacial score (nSPS) is 19.3. The summed E-state index contributed by atoms with van der Waals surface area (Å²) in [4.78, 5) is 43.2. The van der Waals surface area contributed by atoms with E-state index in [1.165, 1.54) is 6.92 Å². The van der Waals surface area contributed by atoms with E-state index < -0.39 is 0 Å². The third kappa shape index (κ3) is 4.15. The molecule has 2 aliphatic rings. The number of piperidine rings is 1. The molecule has 0 bridgehead atoms. The molecule has 3 heterocycles. The van der Waals surface area contributed by atoms with Crippen LogP contribution < -0.4 is 5.32 Å². The molecule has 25 heavy (non-hydrogen) atoms. The minimum atomic E-state index is -0.199. The molecule has 134 valence electrons. The Morgan fingerprint density at radius 3 is 2.56 bits per heavy atom. The van der Waals surface area contributed by atoms with Gasteiger partial charge < -0.3 is 15.1 Å². The number of amides is 3. The van der Waals surface area contributed by atoms with E-state index in [1.807, 2.05) is 17.0 Å². The van der Waals surface area contributed by atoms with Gasteiger partial charge in [-0.2, -0.15) is 0 Å². The first kappa shape index (κ1) is 17.4. The fourth-order valence-corrected chi connectivity index (χ4v) is 3.71. The Bertz CT molecular complexity index is 654. The van der Waals surface area contributed by atoms with Gasteiger partial charge >= 0.3 is 0 Å². The third-order valence-electron chi connectivity index (χ3n) is 5.19. The monoisotopic (exact) mass is 344 g/mol. The van der Waals surface area contributed by atoms with Crippen molar-refractivity contribution in [3.05, 3.63) is 30.1 Å². The second kappa shape index (κ2) is 7.21. The molecule has 1 spiro atoms. The van der Waals surface area contributed by atoms with Crippen LogP contribution in [0.4, 0.5) is 0 Å². The maximum Gasteiger partial charge on any atom is 0.241 e. The second-order valence-electron chi connectivity index (χ2n) is 7.07. The molecule has 0 unspecified atom stereocenters. The molecule has 1 N–H and O–H groups in total. The SMILES string of the molecule is CC(=O)NCC(=O)N1CCC2(CC1)CC(=O)N(Cc1ccncc1)C2. The van der Waals surface area contributed by atoms with Crippen LogP contribution in [-0.4, -0.2) is 58.7 Å².